The molecule has 1 aromatic carbocycles. The third-order valence-electron chi connectivity index (χ3n) is 1.63. The Morgan fingerprint density at radius 2 is 2.25 bits per heavy atom. The summed E-state index contributed by atoms with van der Waals surface area (Å²) in [6.07, 6.45) is 2.20. The number of nitrogens with one attached hydrogen (secondary N) is 1. The van der Waals surface area contributed by atoms with Crippen LogP contribution in [0.15, 0.2) is 29.3 Å². The zero-order chi connectivity index (χ0) is 8.81. The highest BCUT2D eigenvalue weighted by Crippen LogP contribution is 2.17. The Morgan fingerprint density at radius 3 is 2.92 bits per heavy atom. The van der Waals surface area contributed by atoms with E-state index in [2.05, 4.69) is 11.9 Å². The second kappa shape index (κ2) is 4.51. The van der Waals surface area contributed by atoms with Crippen LogP contribution in [0.5, 0.6) is 0 Å². The van der Waals surface area contributed by atoms with Gasteiger partial charge in [-0.25, -0.2) is 4.99 Å². The zero-order valence-corrected chi connectivity index (χ0v) is 6.99. The molecule has 3 nitrogen and oxygen atoms in total. The van der Waals surface area contributed by atoms with Gasteiger partial charge in [-0.1, -0.05) is 25.1 Å². The molecule has 0 unspecified atom stereocenters. The van der Waals surface area contributed by atoms with Gasteiger partial charge in [0.25, 0.3) is 0 Å². The minimum atomic E-state index is 0.890. The summed E-state index contributed by atoms with van der Waals surface area (Å²) < 4.78 is 0. The lowest BCUT2D eigenvalue weighted by molar-refractivity contribution is 0.240. The van der Waals surface area contributed by atoms with Crippen molar-refractivity contribution in [2.24, 2.45) is 4.99 Å². The van der Waals surface area contributed by atoms with Crippen LogP contribution in [0, 0.1) is 0 Å². The molecule has 0 heterocycles. The van der Waals surface area contributed by atoms with Crippen molar-refractivity contribution in [2.75, 3.05) is 0 Å². The summed E-state index contributed by atoms with van der Waals surface area (Å²) in [5.41, 5.74) is 3.94. The first-order valence-corrected chi connectivity index (χ1v) is 3.88. The summed E-state index contributed by atoms with van der Waals surface area (Å²) in [4.78, 5) is 4.01. The van der Waals surface area contributed by atoms with Gasteiger partial charge in [-0.3, -0.25) is 10.7 Å². The molecule has 0 fully saturated rings. The van der Waals surface area contributed by atoms with Crippen LogP contribution >= 0.6 is 0 Å². The fourth-order valence-electron chi connectivity index (χ4n) is 1.03. The SMILES string of the molecule is CCc1ccccc1N=CNO. The molecule has 0 spiro atoms. The van der Waals surface area contributed by atoms with Crippen LogP contribution in [0.25, 0.3) is 0 Å². The maximum atomic E-state index is 8.29. The summed E-state index contributed by atoms with van der Waals surface area (Å²) in [6, 6.07) is 7.82. The van der Waals surface area contributed by atoms with Gasteiger partial charge in [0.2, 0.25) is 0 Å². The van der Waals surface area contributed by atoms with Crippen molar-refractivity contribution in [1.82, 2.24) is 5.48 Å². The van der Waals surface area contributed by atoms with Gasteiger partial charge in [-0.05, 0) is 18.1 Å². The Hall–Kier alpha value is -1.35. The number of aryl methyl sites for hydroxylation is 1. The Balaban J connectivity index is 2.89. The second-order valence-electron chi connectivity index (χ2n) is 2.37. The van der Waals surface area contributed by atoms with Crippen LogP contribution in [0.3, 0.4) is 0 Å². The van der Waals surface area contributed by atoms with Gasteiger partial charge in [-0.15, -0.1) is 0 Å². The first-order valence-electron chi connectivity index (χ1n) is 3.88. The van der Waals surface area contributed by atoms with Gasteiger partial charge in [0, 0.05) is 0 Å². The Morgan fingerprint density at radius 1 is 1.50 bits per heavy atom. The van der Waals surface area contributed by atoms with Crippen LogP contribution in [0.2, 0.25) is 0 Å². The van der Waals surface area contributed by atoms with Crippen LogP contribution < -0.4 is 5.48 Å². The lowest BCUT2D eigenvalue weighted by Gasteiger charge is -2.00. The third-order valence-corrected chi connectivity index (χ3v) is 1.63. The molecule has 0 aliphatic carbocycles. The minimum absolute atomic E-state index is 0.890. The quantitative estimate of drug-likeness (QED) is 0.407. The Labute approximate surface area is 71.7 Å². The average Bonchev–Trinajstić information content (AvgIpc) is 2.15. The summed E-state index contributed by atoms with van der Waals surface area (Å²) in [6.45, 7) is 2.07. The molecule has 64 valence electrons. The van der Waals surface area contributed by atoms with Crippen LogP contribution in [-0.4, -0.2) is 11.5 Å². The van der Waals surface area contributed by atoms with Gasteiger partial charge in [0.05, 0.1) is 5.69 Å². The minimum Gasteiger partial charge on any atom is -0.290 e. The first kappa shape index (κ1) is 8.74. The summed E-state index contributed by atoms with van der Waals surface area (Å²) >= 11 is 0. The highest BCUT2D eigenvalue weighted by Gasteiger charge is 1.94. The summed E-state index contributed by atoms with van der Waals surface area (Å²) in [5.74, 6) is 0. The molecule has 0 bridgehead atoms. The van der Waals surface area contributed by atoms with Crippen molar-refractivity contribution in [3.8, 4) is 0 Å². The van der Waals surface area contributed by atoms with E-state index in [1.807, 2.05) is 29.7 Å². The Bertz CT molecular complexity index is 271. The molecule has 0 saturated carbocycles. The van der Waals surface area contributed by atoms with Gasteiger partial charge >= 0.3 is 0 Å². The number of hydroxylamine groups is 1. The third kappa shape index (κ3) is 2.07. The lowest BCUT2D eigenvalue weighted by atomic mass is 10.1. The van der Waals surface area contributed by atoms with E-state index in [0.717, 1.165) is 12.1 Å². The molecule has 0 amide bonds. The first-order chi connectivity index (χ1) is 5.88. The number of aliphatic imine (C=N–C) groups is 1. The van der Waals surface area contributed by atoms with Crippen molar-refractivity contribution < 1.29 is 5.21 Å². The average molecular weight is 164 g/mol. The van der Waals surface area contributed by atoms with E-state index in [1.165, 1.54) is 11.9 Å². The van der Waals surface area contributed by atoms with E-state index >= 15 is 0 Å². The normalized spacial score (nSPS) is 10.5. The number of nitrogens with zero attached hydrogens (tertiary/aromatic N) is 1. The van der Waals surface area contributed by atoms with E-state index in [4.69, 9.17) is 5.21 Å². The Kier molecular flexibility index (Phi) is 3.29. The number of rotatable bonds is 3. The molecule has 0 saturated heterocycles. The molecule has 0 aliphatic rings. The number of para-hydroxylation sites is 1. The molecular weight excluding hydrogens is 152 g/mol. The van der Waals surface area contributed by atoms with Crippen molar-refractivity contribution >= 4 is 12.0 Å². The molecule has 2 N–H and O–H groups in total. The number of benzene rings is 1. The molecule has 12 heavy (non-hydrogen) atoms. The molecular formula is C9H12N2O. The highest BCUT2D eigenvalue weighted by molar-refractivity contribution is 5.61. The maximum Gasteiger partial charge on any atom is 0.113 e. The molecule has 1 rings (SSSR count). The van der Waals surface area contributed by atoms with Gasteiger partial charge in [0.15, 0.2) is 0 Å². The fraction of sp³-hybridized carbons (Fsp3) is 0.222. The smallest absolute Gasteiger partial charge is 0.113 e. The number of hydrogen-bond donors (Lipinski definition) is 2. The van der Waals surface area contributed by atoms with E-state index in [9.17, 15) is 0 Å². The monoisotopic (exact) mass is 164 g/mol. The van der Waals surface area contributed by atoms with E-state index < -0.39 is 0 Å². The zero-order valence-electron chi connectivity index (χ0n) is 6.99. The van der Waals surface area contributed by atoms with Crippen LogP contribution in [0.4, 0.5) is 5.69 Å². The van der Waals surface area contributed by atoms with E-state index in [1.54, 1.807) is 0 Å². The van der Waals surface area contributed by atoms with Crippen LogP contribution in [-0.2, 0) is 6.42 Å². The van der Waals surface area contributed by atoms with Crippen molar-refractivity contribution in [3.63, 3.8) is 0 Å². The lowest BCUT2D eigenvalue weighted by Crippen LogP contribution is -2.01. The second-order valence-corrected chi connectivity index (χ2v) is 2.37. The molecule has 1 aromatic rings. The molecule has 0 aliphatic heterocycles. The molecule has 0 aromatic heterocycles. The predicted molar refractivity (Wildman–Crippen MR) is 48.9 cm³/mol. The van der Waals surface area contributed by atoms with Gasteiger partial charge < -0.3 is 0 Å². The topological polar surface area (TPSA) is 44.6 Å². The summed E-state index contributed by atoms with van der Waals surface area (Å²) in [7, 11) is 0. The fourth-order valence-corrected chi connectivity index (χ4v) is 1.03. The van der Waals surface area contributed by atoms with Crippen molar-refractivity contribution in [1.29, 1.82) is 0 Å². The number of hydrogen-bond acceptors (Lipinski definition) is 2. The van der Waals surface area contributed by atoms with E-state index in [0.29, 0.717) is 0 Å². The standard InChI is InChI=1S/C9H12N2O/c1-2-8-5-3-4-6-9(8)10-7-11-12/h3-7,12H,2H2,1H3,(H,10,11). The van der Waals surface area contributed by atoms with E-state index in [-0.39, 0.29) is 0 Å². The summed E-state index contributed by atoms with van der Waals surface area (Å²) in [5, 5.41) is 8.29. The van der Waals surface area contributed by atoms with Crippen molar-refractivity contribution in [3.05, 3.63) is 29.8 Å². The highest BCUT2D eigenvalue weighted by atomic mass is 16.5. The van der Waals surface area contributed by atoms with Gasteiger partial charge in [-0.2, -0.15) is 0 Å². The molecule has 0 radical (unpaired) electrons. The molecule has 3 heteroatoms. The molecule has 0 atom stereocenters. The van der Waals surface area contributed by atoms with Gasteiger partial charge in [0.1, 0.15) is 6.34 Å². The maximum absolute atomic E-state index is 8.29. The van der Waals surface area contributed by atoms with Crippen LogP contribution in [0.1, 0.15) is 12.5 Å². The van der Waals surface area contributed by atoms with Crippen molar-refractivity contribution in [2.45, 2.75) is 13.3 Å². The predicted octanol–water partition coefficient (Wildman–Crippen LogP) is 1.89. The largest absolute Gasteiger partial charge is 0.290 e.